The summed E-state index contributed by atoms with van der Waals surface area (Å²) in [4.78, 5) is 24.7. The molecule has 0 aliphatic heterocycles. The summed E-state index contributed by atoms with van der Waals surface area (Å²) in [7, 11) is 1.59. The highest BCUT2D eigenvalue weighted by molar-refractivity contribution is 7.99. The zero-order chi connectivity index (χ0) is 25.5. The lowest BCUT2D eigenvalue weighted by atomic mass is 10.2. The Kier molecular flexibility index (Phi) is 8.06. The van der Waals surface area contributed by atoms with Gasteiger partial charge in [0.25, 0.3) is 0 Å². The number of anilines is 1. The predicted molar refractivity (Wildman–Crippen MR) is 138 cm³/mol. The number of thioether (sulfide) groups is 1. The van der Waals surface area contributed by atoms with Crippen molar-refractivity contribution in [2.24, 2.45) is 0 Å². The molecule has 1 amide bonds. The lowest BCUT2D eigenvalue weighted by Gasteiger charge is -2.08. The van der Waals surface area contributed by atoms with E-state index in [1.807, 2.05) is 35.8 Å². The molecular weight excluding hydrogens is 480 g/mol. The van der Waals surface area contributed by atoms with Crippen molar-refractivity contribution < 1.29 is 23.5 Å². The van der Waals surface area contributed by atoms with E-state index >= 15 is 0 Å². The number of nitrogens with zero attached hydrogens (tertiary/aromatic N) is 3. The lowest BCUT2D eigenvalue weighted by molar-refractivity contribution is -0.113. The van der Waals surface area contributed by atoms with E-state index in [0.717, 1.165) is 11.8 Å². The molecule has 4 aromatic rings. The van der Waals surface area contributed by atoms with Crippen molar-refractivity contribution in [3.63, 3.8) is 0 Å². The third kappa shape index (κ3) is 5.60. The van der Waals surface area contributed by atoms with E-state index in [4.69, 9.17) is 13.9 Å². The smallest absolute Gasteiger partial charge is 0.338 e. The van der Waals surface area contributed by atoms with E-state index in [0.29, 0.717) is 52.5 Å². The fourth-order valence-corrected chi connectivity index (χ4v) is 4.26. The van der Waals surface area contributed by atoms with Crippen molar-refractivity contribution >= 4 is 40.3 Å². The number of allylic oxidation sites excluding steroid dienone is 1. The third-order valence-corrected chi connectivity index (χ3v) is 6.10. The number of carbonyl (C=O) groups is 2. The van der Waals surface area contributed by atoms with Gasteiger partial charge in [0.05, 0.1) is 25.0 Å². The van der Waals surface area contributed by atoms with Crippen molar-refractivity contribution in [3.05, 3.63) is 66.7 Å². The second-order valence-electron chi connectivity index (χ2n) is 7.75. The average Bonchev–Trinajstić information content (AvgIpc) is 3.50. The molecule has 0 bridgehead atoms. The van der Waals surface area contributed by atoms with Gasteiger partial charge in [-0.25, -0.2) is 4.79 Å². The number of furan rings is 1. The second kappa shape index (κ2) is 11.6. The number of ether oxygens (including phenoxy) is 2. The van der Waals surface area contributed by atoms with Gasteiger partial charge in [-0.05, 0) is 36.8 Å². The summed E-state index contributed by atoms with van der Waals surface area (Å²) >= 11 is 1.24. The summed E-state index contributed by atoms with van der Waals surface area (Å²) in [6, 6.07) is 14.2. The highest BCUT2D eigenvalue weighted by Gasteiger charge is 2.19. The fourth-order valence-electron chi connectivity index (χ4n) is 3.51. The van der Waals surface area contributed by atoms with Gasteiger partial charge in [0.15, 0.2) is 22.2 Å². The minimum atomic E-state index is -0.421. The first-order valence-electron chi connectivity index (χ1n) is 11.3. The first-order chi connectivity index (χ1) is 17.5. The molecule has 10 heteroatoms. The molecule has 36 heavy (non-hydrogen) atoms. The number of aromatic nitrogens is 3. The predicted octanol–water partition coefficient (Wildman–Crippen LogP) is 5.18. The maximum absolute atomic E-state index is 12.6. The molecule has 0 fully saturated rings. The molecule has 1 N–H and O–H groups in total. The summed E-state index contributed by atoms with van der Waals surface area (Å²) in [6.45, 7) is 6.53. The molecule has 0 aliphatic rings. The van der Waals surface area contributed by atoms with Crippen LogP contribution in [0.2, 0.25) is 0 Å². The van der Waals surface area contributed by atoms with Gasteiger partial charge in [0, 0.05) is 17.6 Å². The number of rotatable bonds is 11. The molecule has 0 spiro atoms. The number of hydrogen-bond acceptors (Lipinski definition) is 8. The van der Waals surface area contributed by atoms with Crippen molar-refractivity contribution in [1.29, 1.82) is 0 Å². The van der Waals surface area contributed by atoms with Crippen LogP contribution in [-0.4, -0.2) is 46.1 Å². The molecule has 0 radical (unpaired) electrons. The Balaban J connectivity index is 1.47. The summed E-state index contributed by atoms with van der Waals surface area (Å²) < 4.78 is 18.4. The van der Waals surface area contributed by atoms with Crippen molar-refractivity contribution in [2.75, 3.05) is 24.8 Å². The van der Waals surface area contributed by atoms with Gasteiger partial charge >= 0.3 is 5.97 Å². The molecule has 0 atom stereocenters. The Morgan fingerprint density at radius 3 is 2.81 bits per heavy atom. The molecule has 4 rings (SSSR count). The zero-order valence-electron chi connectivity index (χ0n) is 20.0. The molecule has 0 saturated heterocycles. The Labute approximate surface area is 212 Å². The van der Waals surface area contributed by atoms with Crippen LogP contribution in [-0.2, 0) is 16.1 Å². The number of hydrogen-bond donors (Lipinski definition) is 1. The molecular formula is C26H26N4O5S. The highest BCUT2D eigenvalue weighted by Crippen LogP contribution is 2.34. The first-order valence-corrected chi connectivity index (χ1v) is 12.3. The topological polar surface area (TPSA) is 108 Å². The van der Waals surface area contributed by atoms with Crippen LogP contribution in [0, 0.1) is 0 Å². The minimum Gasteiger partial charge on any atom is -0.493 e. The van der Waals surface area contributed by atoms with Crippen LogP contribution in [0.5, 0.6) is 5.75 Å². The maximum atomic E-state index is 12.6. The van der Waals surface area contributed by atoms with E-state index in [1.54, 1.807) is 37.5 Å². The molecule has 2 heterocycles. The van der Waals surface area contributed by atoms with Crippen LogP contribution in [0.3, 0.4) is 0 Å². The second-order valence-corrected chi connectivity index (χ2v) is 8.69. The molecule has 0 aliphatic carbocycles. The summed E-state index contributed by atoms with van der Waals surface area (Å²) in [6.07, 6.45) is 2.46. The molecule has 2 aromatic carbocycles. The van der Waals surface area contributed by atoms with Gasteiger partial charge in [-0.15, -0.1) is 16.8 Å². The number of para-hydroxylation sites is 1. The van der Waals surface area contributed by atoms with Crippen molar-refractivity contribution in [1.82, 2.24) is 14.8 Å². The van der Waals surface area contributed by atoms with E-state index in [-0.39, 0.29) is 11.7 Å². The van der Waals surface area contributed by atoms with Gasteiger partial charge in [-0.1, -0.05) is 43.0 Å². The Bertz CT molecular complexity index is 1390. The van der Waals surface area contributed by atoms with Crippen LogP contribution in [0.15, 0.2) is 70.8 Å². The minimum absolute atomic E-state index is 0.0910. The van der Waals surface area contributed by atoms with Gasteiger partial charge in [-0.3, -0.25) is 9.36 Å². The van der Waals surface area contributed by atoms with Crippen LogP contribution >= 0.6 is 11.8 Å². The van der Waals surface area contributed by atoms with Gasteiger partial charge in [0.2, 0.25) is 11.7 Å². The van der Waals surface area contributed by atoms with Gasteiger partial charge in [-0.2, -0.15) is 0 Å². The molecule has 2 aromatic heterocycles. The number of esters is 1. The third-order valence-electron chi connectivity index (χ3n) is 5.13. The molecule has 0 saturated carbocycles. The van der Waals surface area contributed by atoms with Crippen LogP contribution < -0.4 is 10.1 Å². The Morgan fingerprint density at radius 1 is 1.19 bits per heavy atom. The highest BCUT2D eigenvalue weighted by atomic mass is 32.2. The molecule has 0 unspecified atom stereocenters. The average molecular weight is 507 g/mol. The van der Waals surface area contributed by atoms with Gasteiger partial charge in [0.1, 0.15) is 0 Å². The zero-order valence-corrected chi connectivity index (χ0v) is 20.8. The molecule has 186 valence electrons. The number of amides is 1. The summed E-state index contributed by atoms with van der Waals surface area (Å²) in [5.41, 5.74) is 1.51. The number of fused-ring (bicyclic) bond motifs is 1. The Hall–Kier alpha value is -4.05. The normalized spacial score (nSPS) is 10.8. The largest absolute Gasteiger partial charge is 0.493 e. The standard InChI is InChI=1S/C26H26N4O5S/c1-4-12-30-24(21-15-17-8-7-11-20(33-3)23(17)35-21)28-29-26(30)36-16-22(31)27-19-10-6-9-18(14-19)25(32)34-13-5-2/h4,6-11,14-15H,1,5,12-13,16H2,2-3H3,(H,27,31). The van der Waals surface area contributed by atoms with E-state index < -0.39 is 5.97 Å². The monoisotopic (exact) mass is 506 g/mol. The number of nitrogens with one attached hydrogen (secondary N) is 1. The fraction of sp³-hybridized carbons (Fsp3) is 0.231. The summed E-state index contributed by atoms with van der Waals surface area (Å²) in [5.74, 6) is 1.11. The number of benzene rings is 2. The van der Waals surface area contributed by atoms with Gasteiger partial charge < -0.3 is 19.2 Å². The lowest BCUT2D eigenvalue weighted by Crippen LogP contribution is -2.15. The van der Waals surface area contributed by atoms with Crippen LogP contribution in [0.25, 0.3) is 22.6 Å². The number of carbonyl (C=O) groups excluding carboxylic acids is 2. The first kappa shape index (κ1) is 25.1. The van der Waals surface area contributed by atoms with Crippen molar-refractivity contribution in [3.8, 4) is 17.3 Å². The maximum Gasteiger partial charge on any atom is 0.338 e. The summed E-state index contributed by atoms with van der Waals surface area (Å²) in [5, 5.41) is 12.8. The number of methoxy groups -OCH3 is 1. The quantitative estimate of drug-likeness (QED) is 0.168. The van der Waals surface area contributed by atoms with Crippen LogP contribution in [0.1, 0.15) is 23.7 Å². The SMILES string of the molecule is C=CCn1c(SCC(=O)Nc2cccc(C(=O)OCCC)c2)nnc1-c1cc2cccc(OC)c2o1. The molecule has 9 nitrogen and oxygen atoms in total. The Morgan fingerprint density at radius 2 is 2.03 bits per heavy atom. The van der Waals surface area contributed by atoms with E-state index in [9.17, 15) is 9.59 Å². The van der Waals surface area contributed by atoms with E-state index in [2.05, 4.69) is 22.1 Å². The van der Waals surface area contributed by atoms with E-state index in [1.165, 1.54) is 11.8 Å². The van der Waals surface area contributed by atoms with Crippen molar-refractivity contribution in [2.45, 2.75) is 25.0 Å². The van der Waals surface area contributed by atoms with Crippen LogP contribution in [0.4, 0.5) is 5.69 Å².